The number of hydrogen-bond acceptors (Lipinski definition) is 3. The van der Waals surface area contributed by atoms with Crippen molar-refractivity contribution in [2.75, 3.05) is 6.61 Å². The number of hydrogen-bond donors (Lipinski definition) is 1. The molecule has 0 fully saturated rings. The highest BCUT2D eigenvalue weighted by Crippen LogP contribution is 2.19. The van der Waals surface area contributed by atoms with Gasteiger partial charge in [0.25, 0.3) is 0 Å². The molecule has 0 aliphatic carbocycles. The molecule has 0 saturated heterocycles. The lowest BCUT2D eigenvalue weighted by atomic mass is 9.87. The van der Waals surface area contributed by atoms with Crippen LogP contribution in [0.2, 0.25) is 0 Å². The van der Waals surface area contributed by atoms with Crippen LogP contribution in [0.3, 0.4) is 0 Å². The molecular weight excluding hydrogens is 202 g/mol. The minimum absolute atomic E-state index is 0.230. The van der Waals surface area contributed by atoms with Crippen LogP contribution in [0, 0.1) is 11.3 Å². The van der Waals surface area contributed by atoms with Crippen LogP contribution in [-0.2, 0) is 9.53 Å². The average molecular weight is 229 g/mol. The van der Waals surface area contributed by atoms with Crippen LogP contribution in [0.1, 0.15) is 53.9 Å². The first-order valence-corrected chi connectivity index (χ1v) is 6.25. The maximum atomic E-state index is 11.6. The highest BCUT2D eigenvalue weighted by Gasteiger charge is 2.28. The van der Waals surface area contributed by atoms with Crippen molar-refractivity contribution in [2.45, 2.75) is 59.9 Å². The van der Waals surface area contributed by atoms with Gasteiger partial charge in [0.1, 0.15) is 6.04 Å². The summed E-state index contributed by atoms with van der Waals surface area (Å²) in [4.78, 5) is 11.6. The number of rotatable bonds is 6. The van der Waals surface area contributed by atoms with Crippen LogP contribution < -0.4 is 5.73 Å². The van der Waals surface area contributed by atoms with Gasteiger partial charge in [0, 0.05) is 0 Å². The summed E-state index contributed by atoms with van der Waals surface area (Å²) < 4.78 is 5.20. The van der Waals surface area contributed by atoms with Crippen molar-refractivity contribution in [3.63, 3.8) is 0 Å². The Morgan fingerprint density at radius 3 is 2.12 bits per heavy atom. The highest BCUT2D eigenvalue weighted by molar-refractivity contribution is 5.76. The summed E-state index contributed by atoms with van der Waals surface area (Å²) in [6, 6.07) is -0.533. The number of nitrogens with two attached hydrogens (primary N) is 1. The highest BCUT2D eigenvalue weighted by atomic mass is 16.5. The molecular formula is C13H27NO2. The van der Waals surface area contributed by atoms with Gasteiger partial charge in [-0.05, 0) is 17.8 Å². The van der Waals surface area contributed by atoms with E-state index in [1.165, 1.54) is 0 Å². The Kier molecular flexibility index (Phi) is 6.65. The van der Waals surface area contributed by atoms with Crippen LogP contribution >= 0.6 is 0 Å². The summed E-state index contributed by atoms with van der Waals surface area (Å²) in [6.45, 7) is 10.7. The van der Waals surface area contributed by atoms with E-state index in [0.29, 0.717) is 12.5 Å². The van der Waals surface area contributed by atoms with E-state index in [4.69, 9.17) is 10.5 Å². The zero-order valence-electron chi connectivity index (χ0n) is 11.4. The van der Waals surface area contributed by atoms with E-state index in [0.717, 1.165) is 19.3 Å². The quantitative estimate of drug-likeness (QED) is 0.712. The maximum absolute atomic E-state index is 11.6. The van der Waals surface area contributed by atoms with Gasteiger partial charge in [0.05, 0.1) is 6.61 Å². The van der Waals surface area contributed by atoms with Crippen LogP contribution in [0.5, 0.6) is 0 Å². The molecule has 0 heterocycles. The largest absolute Gasteiger partial charge is 0.465 e. The monoisotopic (exact) mass is 229 g/mol. The van der Waals surface area contributed by atoms with E-state index in [-0.39, 0.29) is 11.4 Å². The van der Waals surface area contributed by atoms with Crippen LogP contribution in [0.25, 0.3) is 0 Å². The van der Waals surface area contributed by atoms with Crippen molar-refractivity contribution in [1.29, 1.82) is 0 Å². The Morgan fingerprint density at radius 2 is 1.75 bits per heavy atom. The van der Waals surface area contributed by atoms with E-state index in [1.807, 2.05) is 20.8 Å². The molecule has 0 amide bonds. The molecule has 3 nitrogen and oxygen atoms in total. The molecule has 0 aliphatic rings. The number of esters is 1. The van der Waals surface area contributed by atoms with Gasteiger partial charge in [-0.3, -0.25) is 4.79 Å². The summed E-state index contributed by atoms with van der Waals surface area (Å²) in [5.41, 5.74) is 5.57. The molecule has 0 saturated carbocycles. The molecule has 0 rings (SSSR count). The zero-order chi connectivity index (χ0) is 12.8. The Labute approximate surface area is 99.7 Å². The summed E-state index contributed by atoms with van der Waals surface area (Å²) in [5, 5.41) is 0. The van der Waals surface area contributed by atoms with Crippen LogP contribution in [0.4, 0.5) is 0 Å². The number of carbonyl (C=O) groups excluding carboxylic acids is 1. The molecule has 16 heavy (non-hydrogen) atoms. The van der Waals surface area contributed by atoms with Gasteiger partial charge >= 0.3 is 5.97 Å². The second-order valence-electron chi connectivity index (χ2n) is 5.48. The van der Waals surface area contributed by atoms with E-state index >= 15 is 0 Å². The van der Waals surface area contributed by atoms with E-state index in [9.17, 15) is 4.79 Å². The molecule has 1 atom stereocenters. The predicted octanol–water partition coefficient (Wildman–Crippen LogP) is 2.73. The first kappa shape index (κ1) is 15.4. The lowest BCUT2D eigenvalue weighted by Crippen LogP contribution is -2.43. The van der Waals surface area contributed by atoms with Crippen LogP contribution in [-0.4, -0.2) is 18.6 Å². The van der Waals surface area contributed by atoms with Crippen LogP contribution in [0.15, 0.2) is 0 Å². The molecule has 96 valence electrons. The summed E-state index contributed by atoms with van der Waals surface area (Å²) in [7, 11) is 0. The Balaban J connectivity index is 3.90. The third kappa shape index (κ3) is 5.50. The molecule has 0 aromatic carbocycles. The van der Waals surface area contributed by atoms with Gasteiger partial charge in [-0.15, -0.1) is 0 Å². The zero-order valence-corrected chi connectivity index (χ0v) is 11.4. The molecule has 0 aromatic heterocycles. The van der Waals surface area contributed by atoms with E-state index in [2.05, 4.69) is 13.8 Å². The van der Waals surface area contributed by atoms with Crippen molar-refractivity contribution in [2.24, 2.45) is 17.1 Å². The minimum Gasteiger partial charge on any atom is -0.465 e. The molecule has 0 aliphatic heterocycles. The van der Waals surface area contributed by atoms with Gasteiger partial charge in [0.2, 0.25) is 0 Å². The summed E-state index contributed by atoms with van der Waals surface area (Å²) >= 11 is 0. The number of ether oxygens (including phenoxy) is 1. The SMILES string of the molecule is CCC(CC)CCOC(=O)C(N)C(C)(C)C. The van der Waals surface area contributed by atoms with Crippen molar-refractivity contribution in [3.8, 4) is 0 Å². The van der Waals surface area contributed by atoms with Gasteiger partial charge in [-0.25, -0.2) is 0 Å². The van der Waals surface area contributed by atoms with E-state index in [1.54, 1.807) is 0 Å². The Hall–Kier alpha value is -0.570. The fraction of sp³-hybridized carbons (Fsp3) is 0.923. The Morgan fingerprint density at radius 1 is 1.25 bits per heavy atom. The lowest BCUT2D eigenvalue weighted by Gasteiger charge is -2.25. The smallest absolute Gasteiger partial charge is 0.323 e. The standard InChI is InChI=1S/C13H27NO2/c1-6-10(7-2)8-9-16-12(15)11(14)13(3,4)5/h10-11H,6-9,14H2,1-5H3. The number of carbonyl (C=O) groups is 1. The maximum Gasteiger partial charge on any atom is 0.323 e. The molecule has 0 spiro atoms. The molecule has 0 aromatic rings. The van der Waals surface area contributed by atoms with Gasteiger partial charge < -0.3 is 10.5 Å². The average Bonchev–Trinajstić information content (AvgIpc) is 2.21. The predicted molar refractivity (Wildman–Crippen MR) is 67.1 cm³/mol. The Bertz CT molecular complexity index is 204. The third-order valence-corrected chi connectivity index (χ3v) is 3.11. The van der Waals surface area contributed by atoms with Gasteiger partial charge in [0.15, 0.2) is 0 Å². The fourth-order valence-corrected chi connectivity index (χ4v) is 1.47. The summed E-state index contributed by atoms with van der Waals surface area (Å²) in [6.07, 6.45) is 3.22. The van der Waals surface area contributed by atoms with Crippen molar-refractivity contribution >= 4 is 5.97 Å². The minimum atomic E-state index is -0.533. The van der Waals surface area contributed by atoms with Gasteiger partial charge in [-0.2, -0.15) is 0 Å². The summed E-state index contributed by atoms with van der Waals surface area (Å²) in [5.74, 6) is 0.372. The first-order valence-electron chi connectivity index (χ1n) is 6.25. The molecule has 2 N–H and O–H groups in total. The van der Waals surface area contributed by atoms with E-state index < -0.39 is 6.04 Å². The topological polar surface area (TPSA) is 52.3 Å². The molecule has 3 heteroatoms. The second-order valence-corrected chi connectivity index (χ2v) is 5.48. The second kappa shape index (κ2) is 6.89. The third-order valence-electron chi connectivity index (χ3n) is 3.11. The normalized spacial score (nSPS) is 13.9. The molecule has 1 unspecified atom stereocenters. The molecule has 0 bridgehead atoms. The fourth-order valence-electron chi connectivity index (χ4n) is 1.47. The molecule has 0 radical (unpaired) electrons. The van der Waals surface area contributed by atoms with Gasteiger partial charge in [-0.1, -0.05) is 47.5 Å². The van der Waals surface area contributed by atoms with Crippen molar-refractivity contribution in [1.82, 2.24) is 0 Å². The lowest BCUT2D eigenvalue weighted by molar-refractivity contribution is -0.148. The van der Waals surface area contributed by atoms with Crippen molar-refractivity contribution in [3.05, 3.63) is 0 Å². The first-order chi connectivity index (χ1) is 7.32. The van der Waals surface area contributed by atoms with Crippen molar-refractivity contribution < 1.29 is 9.53 Å².